The van der Waals surface area contributed by atoms with Gasteiger partial charge in [0.05, 0.1) is 6.10 Å². The summed E-state index contributed by atoms with van der Waals surface area (Å²) in [5, 5.41) is 11.5. The number of benzene rings is 1. The van der Waals surface area contributed by atoms with E-state index in [-0.39, 0.29) is 12.0 Å². The van der Waals surface area contributed by atoms with Crippen molar-refractivity contribution in [2.75, 3.05) is 6.61 Å². The van der Waals surface area contributed by atoms with Gasteiger partial charge in [0, 0.05) is 17.9 Å². The van der Waals surface area contributed by atoms with Crippen molar-refractivity contribution >= 4 is 11.0 Å². The number of hydrogen-bond donors (Lipinski definition) is 1. The van der Waals surface area contributed by atoms with Crippen LogP contribution in [0.3, 0.4) is 0 Å². The first kappa shape index (κ1) is 11.8. The number of ether oxygens (including phenoxy) is 1. The minimum absolute atomic E-state index is 0.0920. The van der Waals surface area contributed by atoms with E-state index in [2.05, 4.69) is 0 Å². The molecule has 0 spiro atoms. The Kier molecular flexibility index (Phi) is 2.88. The third-order valence-electron chi connectivity index (χ3n) is 3.89. The zero-order valence-electron chi connectivity index (χ0n) is 10.7. The molecule has 0 radical (unpaired) electrons. The number of furan rings is 1. The second-order valence-corrected chi connectivity index (χ2v) is 5.12. The molecule has 1 aromatic heterocycles. The van der Waals surface area contributed by atoms with E-state index in [1.54, 1.807) is 0 Å². The fraction of sp³-hybridized carbons (Fsp3) is 0.467. The molecule has 1 N–H and O–H groups in total. The quantitative estimate of drug-likeness (QED) is 0.884. The van der Waals surface area contributed by atoms with Crippen molar-refractivity contribution in [3.63, 3.8) is 0 Å². The number of para-hydroxylation sites is 1. The number of rotatable bonds is 2. The first-order valence-corrected chi connectivity index (χ1v) is 6.45. The van der Waals surface area contributed by atoms with Gasteiger partial charge in [0.25, 0.3) is 0 Å². The van der Waals surface area contributed by atoms with Gasteiger partial charge in [-0.3, -0.25) is 0 Å². The summed E-state index contributed by atoms with van der Waals surface area (Å²) in [6.07, 6.45) is 0.404. The number of hydrogen-bond acceptors (Lipinski definition) is 3. The number of fused-ring (bicyclic) bond motifs is 1. The third kappa shape index (κ3) is 1.84. The molecule has 1 aliphatic rings. The van der Waals surface area contributed by atoms with Gasteiger partial charge >= 0.3 is 0 Å². The van der Waals surface area contributed by atoms with E-state index in [4.69, 9.17) is 9.15 Å². The molecule has 0 bridgehead atoms. The molecule has 0 amide bonds. The number of aryl methyl sites for hydroxylation is 1. The Morgan fingerprint density at radius 2 is 2.22 bits per heavy atom. The summed E-state index contributed by atoms with van der Waals surface area (Å²) in [5.41, 5.74) is 1.97. The lowest BCUT2D eigenvalue weighted by Crippen LogP contribution is -2.19. The van der Waals surface area contributed by atoms with E-state index in [0.717, 1.165) is 29.6 Å². The van der Waals surface area contributed by atoms with E-state index < -0.39 is 6.10 Å². The molecule has 96 valence electrons. The Morgan fingerprint density at radius 1 is 1.39 bits per heavy atom. The van der Waals surface area contributed by atoms with Crippen LogP contribution in [-0.4, -0.2) is 17.8 Å². The highest BCUT2D eigenvalue weighted by molar-refractivity contribution is 5.80. The lowest BCUT2D eigenvalue weighted by atomic mass is 9.94. The minimum Gasteiger partial charge on any atom is -0.458 e. The van der Waals surface area contributed by atoms with Gasteiger partial charge in [-0.25, -0.2) is 0 Å². The van der Waals surface area contributed by atoms with Crippen molar-refractivity contribution in [1.82, 2.24) is 0 Å². The van der Waals surface area contributed by atoms with Gasteiger partial charge in [-0.15, -0.1) is 0 Å². The first-order valence-electron chi connectivity index (χ1n) is 6.45. The Bertz CT molecular complexity index is 558. The highest BCUT2D eigenvalue weighted by atomic mass is 16.5. The summed E-state index contributed by atoms with van der Waals surface area (Å²) in [5.74, 6) is 0.785. The Balaban J connectivity index is 1.96. The fourth-order valence-corrected chi connectivity index (χ4v) is 2.75. The number of aliphatic hydroxyl groups is 1. The predicted molar refractivity (Wildman–Crippen MR) is 69.4 cm³/mol. The molecule has 2 heterocycles. The zero-order chi connectivity index (χ0) is 12.7. The maximum Gasteiger partial charge on any atom is 0.137 e. The summed E-state index contributed by atoms with van der Waals surface area (Å²) >= 11 is 0. The van der Waals surface area contributed by atoms with Crippen LogP contribution in [0.2, 0.25) is 0 Å². The zero-order valence-corrected chi connectivity index (χ0v) is 10.7. The molecular formula is C15H18O3. The second-order valence-electron chi connectivity index (χ2n) is 5.12. The van der Waals surface area contributed by atoms with E-state index in [1.807, 2.05) is 38.1 Å². The smallest absolute Gasteiger partial charge is 0.137 e. The van der Waals surface area contributed by atoms with Crippen molar-refractivity contribution < 1.29 is 14.3 Å². The summed E-state index contributed by atoms with van der Waals surface area (Å²) in [4.78, 5) is 0. The fourth-order valence-electron chi connectivity index (χ4n) is 2.75. The highest BCUT2D eigenvalue weighted by Crippen LogP contribution is 2.36. The van der Waals surface area contributed by atoms with Gasteiger partial charge in [0.1, 0.15) is 17.4 Å². The van der Waals surface area contributed by atoms with Crippen LogP contribution < -0.4 is 0 Å². The van der Waals surface area contributed by atoms with Crippen molar-refractivity contribution in [3.05, 3.63) is 35.6 Å². The van der Waals surface area contributed by atoms with E-state index >= 15 is 0 Å². The highest BCUT2D eigenvalue weighted by Gasteiger charge is 2.33. The van der Waals surface area contributed by atoms with Crippen LogP contribution in [0.5, 0.6) is 0 Å². The Labute approximate surface area is 106 Å². The maximum absolute atomic E-state index is 10.4. The minimum atomic E-state index is -0.575. The maximum atomic E-state index is 10.4. The van der Waals surface area contributed by atoms with E-state index in [0.29, 0.717) is 5.76 Å². The number of aliphatic hydroxyl groups excluding tert-OH is 1. The van der Waals surface area contributed by atoms with Crippen LogP contribution in [0.15, 0.2) is 28.7 Å². The molecule has 2 aromatic rings. The SMILES string of the molecule is Cc1cccc2cc(C(O)C3CCOC3C)oc12. The van der Waals surface area contributed by atoms with Gasteiger partial charge in [-0.05, 0) is 31.9 Å². The third-order valence-corrected chi connectivity index (χ3v) is 3.89. The van der Waals surface area contributed by atoms with Crippen LogP contribution in [0.25, 0.3) is 11.0 Å². The van der Waals surface area contributed by atoms with Gasteiger partial charge < -0.3 is 14.3 Å². The molecule has 0 saturated carbocycles. The average Bonchev–Trinajstić information content (AvgIpc) is 2.95. The topological polar surface area (TPSA) is 42.6 Å². The molecule has 18 heavy (non-hydrogen) atoms. The van der Waals surface area contributed by atoms with Gasteiger partial charge in [-0.2, -0.15) is 0 Å². The molecule has 3 nitrogen and oxygen atoms in total. The molecule has 3 rings (SSSR count). The standard InChI is InChI=1S/C15H18O3/c1-9-4-3-5-11-8-13(18-15(9)11)14(16)12-6-7-17-10(12)2/h3-5,8,10,12,14,16H,6-7H2,1-2H3. The van der Waals surface area contributed by atoms with Crippen molar-refractivity contribution in [2.45, 2.75) is 32.5 Å². The van der Waals surface area contributed by atoms with Crippen molar-refractivity contribution in [1.29, 1.82) is 0 Å². The molecule has 1 saturated heterocycles. The van der Waals surface area contributed by atoms with E-state index in [9.17, 15) is 5.11 Å². The summed E-state index contributed by atoms with van der Waals surface area (Å²) in [7, 11) is 0. The van der Waals surface area contributed by atoms with Gasteiger partial charge in [0.2, 0.25) is 0 Å². The average molecular weight is 246 g/mol. The molecule has 1 aliphatic heterocycles. The van der Waals surface area contributed by atoms with Crippen LogP contribution >= 0.6 is 0 Å². The summed E-state index contributed by atoms with van der Waals surface area (Å²) in [6, 6.07) is 7.97. The Hall–Kier alpha value is -1.32. The van der Waals surface area contributed by atoms with Crippen molar-refractivity contribution in [2.24, 2.45) is 5.92 Å². The summed E-state index contributed by atoms with van der Waals surface area (Å²) < 4.78 is 11.3. The van der Waals surface area contributed by atoms with Crippen LogP contribution in [-0.2, 0) is 4.74 Å². The largest absolute Gasteiger partial charge is 0.458 e. The van der Waals surface area contributed by atoms with Gasteiger partial charge in [-0.1, -0.05) is 18.2 Å². The monoisotopic (exact) mass is 246 g/mol. The molecule has 3 unspecified atom stereocenters. The lowest BCUT2D eigenvalue weighted by molar-refractivity contribution is 0.0329. The summed E-state index contributed by atoms with van der Waals surface area (Å²) in [6.45, 7) is 4.75. The Morgan fingerprint density at radius 3 is 2.89 bits per heavy atom. The molecule has 3 atom stereocenters. The lowest BCUT2D eigenvalue weighted by Gasteiger charge is -2.18. The molecule has 3 heteroatoms. The normalized spacial score (nSPS) is 25.7. The first-order chi connectivity index (χ1) is 8.66. The molecule has 1 aromatic carbocycles. The molecule has 1 fully saturated rings. The molecule has 0 aliphatic carbocycles. The van der Waals surface area contributed by atoms with Crippen molar-refractivity contribution in [3.8, 4) is 0 Å². The van der Waals surface area contributed by atoms with Crippen LogP contribution in [0.1, 0.15) is 30.8 Å². The van der Waals surface area contributed by atoms with Crippen LogP contribution in [0.4, 0.5) is 0 Å². The molecular weight excluding hydrogens is 228 g/mol. The predicted octanol–water partition coefficient (Wildman–Crippen LogP) is 3.20. The second kappa shape index (κ2) is 4.41. The van der Waals surface area contributed by atoms with E-state index in [1.165, 1.54) is 0 Å². The van der Waals surface area contributed by atoms with Gasteiger partial charge in [0.15, 0.2) is 0 Å². The van der Waals surface area contributed by atoms with Crippen LogP contribution in [0, 0.1) is 12.8 Å².